The Balaban J connectivity index is 2.30. The average molecular weight is 275 g/mol. The van der Waals surface area contributed by atoms with E-state index in [-0.39, 0.29) is 11.2 Å². The summed E-state index contributed by atoms with van der Waals surface area (Å²) in [5, 5.41) is 0. The first-order chi connectivity index (χ1) is 9.17. The molecule has 1 aliphatic carbocycles. The quantitative estimate of drug-likeness (QED) is 0.674. The van der Waals surface area contributed by atoms with Crippen LogP contribution in [0.25, 0.3) is 20.8 Å². The predicted octanol–water partition coefficient (Wildman–Crippen LogP) is 3.30. The van der Waals surface area contributed by atoms with Crippen molar-refractivity contribution in [2.75, 3.05) is 6.61 Å². The fourth-order valence-electron chi connectivity index (χ4n) is 1.88. The number of nitrogens with zero attached hydrogens (tertiary/aromatic N) is 1. The van der Waals surface area contributed by atoms with Crippen molar-refractivity contribution in [3.05, 3.63) is 46.4 Å². The Morgan fingerprint density at radius 1 is 1.32 bits per heavy atom. The lowest BCUT2D eigenvalue weighted by Crippen LogP contribution is -2.07. The Kier molecular flexibility index (Phi) is 2.91. The topological polar surface area (TPSA) is 39.2 Å². The normalized spacial score (nSPS) is 11.1. The Morgan fingerprint density at radius 3 is 2.95 bits per heavy atom. The van der Waals surface area contributed by atoms with Gasteiger partial charge in [0.1, 0.15) is 5.82 Å². The van der Waals surface area contributed by atoms with Crippen LogP contribution in [-0.4, -0.2) is 11.6 Å². The molecule has 0 saturated heterocycles. The molecule has 1 aliphatic heterocycles. The van der Waals surface area contributed by atoms with E-state index >= 15 is 0 Å². The molecule has 0 spiro atoms. The molecule has 0 atom stereocenters. The molecule has 1 aromatic rings. The highest BCUT2D eigenvalue weighted by Gasteiger charge is 2.12. The van der Waals surface area contributed by atoms with E-state index in [1.165, 1.54) is 29.5 Å². The van der Waals surface area contributed by atoms with Gasteiger partial charge in [-0.2, -0.15) is 0 Å². The third-order valence-electron chi connectivity index (χ3n) is 2.71. The van der Waals surface area contributed by atoms with E-state index in [0.29, 0.717) is 23.6 Å². The zero-order chi connectivity index (χ0) is 13.4. The van der Waals surface area contributed by atoms with Crippen LogP contribution >= 0.6 is 11.3 Å². The van der Waals surface area contributed by atoms with Crippen molar-refractivity contribution >= 4 is 21.6 Å². The molecule has 1 aromatic carbocycles. The lowest BCUT2D eigenvalue weighted by Gasteiger charge is -2.08. The summed E-state index contributed by atoms with van der Waals surface area (Å²) in [5.41, 5.74) is 1.22. The molecule has 3 nitrogen and oxygen atoms in total. The molecular formula is C14H10FNO2S. The van der Waals surface area contributed by atoms with E-state index < -0.39 is 0 Å². The number of rotatable bonds is 2. The van der Waals surface area contributed by atoms with Crippen molar-refractivity contribution in [1.82, 2.24) is 4.98 Å². The summed E-state index contributed by atoms with van der Waals surface area (Å²) >= 11 is 1.35. The zero-order valence-corrected chi connectivity index (χ0v) is 11.0. The maximum absolute atomic E-state index is 13.2. The molecule has 0 unspecified atom stereocenters. The van der Waals surface area contributed by atoms with Gasteiger partial charge in [-0.3, -0.25) is 4.79 Å². The highest BCUT2D eigenvalue weighted by Crippen LogP contribution is 2.31. The fourth-order valence-corrected chi connectivity index (χ4v) is 2.88. The molecule has 19 heavy (non-hydrogen) atoms. The van der Waals surface area contributed by atoms with Crippen LogP contribution in [0.3, 0.4) is 0 Å². The molecule has 96 valence electrons. The van der Waals surface area contributed by atoms with E-state index in [1.807, 2.05) is 6.92 Å². The minimum atomic E-state index is -0.307. The molecular weight excluding hydrogens is 265 g/mol. The van der Waals surface area contributed by atoms with E-state index in [9.17, 15) is 9.18 Å². The van der Waals surface area contributed by atoms with E-state index in [4.69, 9.17) is 4.74 Å². The molecule has 1 heterocycles. The summed E-state index contributed by atoms with van der Waals surface area (Å²) in [5.74, 6) is -0.00524. The second-order valence-electron chi connectivity index (χ2n) is 4.03. The van der Waals surface area contributed by atoms with Crippen molar-refractivity contribution in [2.45, 2.75) is 6.92 Å². The van der Waals surface area contributed by atoms with Crippen molar-refractivity contribution in [3.8, 4) is 16.3 Å². The first-order valence-corrected chi connectivity index (χ1v) is 6.66. The van der Waals surface area contributed by atoms with Gasteiger partial charge in [0.15, 0.2) is 5.75 Å². The summed E-state index contributed by atoms with van der Waals surface area (Å²) in [7, 11) is 0. The largest absolute Gasteiger partial charge is 0.490 e. The molecule has 5 heteroatoms. The van der Waals surface area contributed by atoms with Gasteiger partial charge in [-0.15, -0.1) is 11.3 Å². The molecule has 0 bridgehead atoms. The summed E-state index contributed by atoms with van der Waals surface area (Å²) in [6.07, 6.45) is 0. The first-order valence-electron chi connectivity index (χ1n) is 5.84. The minimum absolute atomic E-state index is 0.178. The van der Waals surface area contributed by atoms with Crippen LogP contribution in [0.4, 0.5) is 4.39 Å². The summed E-state index contributed by atoms with van der Waals surface area (Å²) in [6, 6.07) is 7.56. The number of hydrogen-bond acceptors (Lipinski definition) is 4. The van der Waals surface area contributed by atoms with Crippen molar-refractivity contribution in [1.29, 1.82) is 0 Å². The molecule has 0 aromatic heterocycles. The standard InChI is InChI=1S/C14H10FNO2S/c1-2-18-12-6-10-14(7-11(12)17)19-13-5-8(15)3-4-9(13)16-10/h3-7H,2H2,1H3. The first kappa shape index (κ1) is 12.0. The Hall–Kier alpha value is -2.01. The van der Waals surface area contributed by atoms with Gasteiger partial charge < -0.3 is 4.74 Å². The second-order valence-corrected chi connectivity index (χ2v) is 5.11. The van der Waals surface area contributed by atoms with Gasteiger partial charge in [-0.1, -0.05) is 0 Å². The minimum Gasteiger partial charge on any atom is -0.490 e. The van der Waals surface area contributed by atoms with Crippen LogP contribution < -0.4 is 10.2 Å². The summed E-state index contributed by atoms with van der Waals surface area (Å²) in [6.45, 7) is 2.26. The van der Waals surface area contributed by atoms with E-state index in [0.717, 1.165) is 9.58 Å². The second kappa shape index (κ2) is 4.59. The van der Waals surface area contributed by atoms with Crippen LogP contribution in [0, 0.1) is 5.82 Å². The number of aromatic nitrogens is 1. The number of halogens is 1. The smallest absolute Gasteiger partial charge is 0.221 e. The maximum Gasteiger partial charge on any atom is 0.221 e. The van der Waals surface area contributed by atoms with Crippen LogP contribution in [-0.2, 0) is 0 Å². The molecule has 2 aliphatic rings. The van der Waals surface area contributed by atoms with Gasteiger partial charge >= 0.3 is 0 Å². The highest BCUT2D eigenvalue weighted by molar-refractivity contribution is 7.21. The van der Waals surface area contributed by atoms with Gasteiger partial charge in [-0.25, -0.2) is 9.37 Å². The molecule has 0 fully saturated rings. The van der Waals surface area contributed by atoms with Gasteiger partial charge in [0.25, 0.3) is 0 Å². The zero-order valence-electron chi connectivity index (χ0n) is 10.1. The lowest BCUT2D eigenvalue weighted by atomic mass is 10.2. The Morgan fingerprint density at radius 2 is 2.16 bits per heavy atom. The van der Waals surface area contributed by atoms with Crippen LogP contribution in [0.1, 0.15) is 6.92 Å². The van der Waals surface area contributed by atoms with Gasteiger partial charge in [0.05, 0.1) is 27.4 Å². The average Bonchev–Trinajstić information content (AvgIpc) is 2.38. The molecule has 0 saturated carbocycles. The number of benzene rings is 2. The SMILES string of the molecule is CCOc1cc2nc3ccc(F)cc3sc-2cc1=O. The van der Waals surface area contributed by atoms with Crippen molar-refractivity contribution < 1.29 is 9.13 Å². The molecule has 3 rings (SSSR count). The summed E-state index contributed by atoms with van der Waals surface area (Å²) < 4.78 is 19.2. The van der Waals surface area contributed by atoms with Crippen LogP contribution in [0.2, 0.25) is 0 Å². The Labute approximate surface area is 112 Å². The lowest BCUT2D eigenvalue weighted by molar-refractivity contribution is 0.337. The van der Waals surface area contributed by atoms with Crippen molar-refractivity contribution in [2.24, 2.45) is 0 Å². The van der Waals surface area contributed by atoms with E-state index in [2.05, 4.69) is 4.98 Å². The van der Waals surface area contributed by atoms with Crippen LogP contribution in [0.5, 0.6) is 5.75 Å². The molecule has 0 radical (unpaired) electrons. The van der Waals surface area contributed by atoms with E-state index in [1.54, 1.807) is 12.1 Å². The molecule has 0 amide bonds. The highest BCUT2D eigenvalue weighted by atomic mass is 32.1. The predicted molar refractivity (Wildman–Crippen MR) is 73.6 cm³/mol. The summed E-state index contributed by atoms with van der Waals surface area (Å²) in [4.78, 5) is 17.0. The third-order valence-corrected chi connectivity index (χ3v) is 3.80. The van der Waals surface area contributed by atoms with Crippen molar-refractivity contribution in [3.63, 3.8) is 0 Å². The Bertz CT molecular complexity index is 784. The molecule has 0 N–H and O–H groups in total. The van der Waals surface area contributed by atoms with Gasteiger partial charge in [0.2, 0.25) is 5.43 Å². The van der Waals surface area contributed by atoms with Gasteiger partial charge in [0, 0.05) is 12.1 Å². The van der Waals surface area contributed by atoms with Crippen LogP contribution in [0.15, 0.2) is 35.1 Å². The third kappa shape index (κ3) is 2.17. The number of fused-ring (bicyclic) bond motifs is 2. The maximum atomic E-state index is 13.2. The fraction of sp³-hybridized carbons (Fsp3) is 0.143. The number of ether oxygens (including phenoxy) is 1. The monoisotopic (exact) mass is 275 g/mol. The number of hydrogen-bond donors (Lipinski definition) is 0. The van der Waals surface area contributed by atoms with Gasteiger partial charge in [-0.05, 0) is 25.1 Å².